The molecule has 0 aliphatic heterocycles. The summed E-state index contributed by atoms with van der Waals surface area (Å²) in [5.74, 6) is 0. The van der Waals surface area contributed by atoms with Crippen LogP contribution in [0.25, 0.3) is 10.8 Å². The van der Waals surface area contributed by atoms with Crippen LogP contribution in [-0.2, 0) is 0 Å². The van der Waals surface area contributed by atoms with Crippen LogP contribution in [0.4, 0.5) is 0 Å². The second-order valence-corrected chi connectivity index (χ2v) is 2.35. The highest BCUT2D eigenvalue weighted by Crippen LogP contribution is 2.11. The lowest BCUT2D eigenvalue weighted by molar-refractivity contribution is 1.75. The fourth-order valence-electron chi connectivity index (χ4n) is 1.13. The van der Waals surface area contributed by atoms with Crippen molar-refractivity contribution in [2.75, 3.05) is 0 Å². The van der Waals surface area contributed by atoms with Crippen molar-refractivity contribution in [2.24, 2.45) is 0 Å². The standard InChI is InChI=1S/C10H8.6ClH/c1-2-6-10-8-4-3-7-9(10)5-1;;;;;;/h1-8H;6*1H. The second-order valence-electron chi connectivity index (χ2n) is 2.35. The van der Waals surface area contributed by atoms with Crippen LogP contribution in [0.2, 0.25) is 0 Å². The molecule has 0 saturated carbocycles. The lowest BCUT2D eigenvalue weighted by Crippen LogP contribution is -1.67. The van der Waals surface area contributed by atoms with Gasteiger partial charge >= 0.3 is 0 Å². The monoisotopic (exact) mass is 344 g/mol. The Kier molecular flexibility index (Phi) is 28.9. The molecular formula is C10H14Cl6. The van der Waals surface area contributed by atoms with Gasteiger partial charge in [-0.25, -0.2) is 0 Å². The van der Waals surface area contributed by atoms with E-state index in [1.54, 1.807) is 0 Å². The van der Waals surface area contributed by atoms with E-state index < -0.39 is 0 Å². The van der Waals surface area contributed by atoms with Crippen molar-refractivity contribution in [1.29, 1.82) is 0 Å². The molecule has 0 N–H and O–H groups in total. The van der Waals surface area contributed by atoms with Crippen LogP contribution in [0.15, 0.2) is 48.5 Å². The summed E-state index contributed by atoms with van der Waals surface area (Å²) in [7, 11) is 0. The first-order valence-electron chi connectivity index (χ1n) is 3.40. The molecule has 2 rings (SSSR count). The molecule has 0 aromatic heterocycles. The quantitative estimate of drug-likeness (QED) is 0.601. The van der Waals surface area contributed by atoms with Crippen LogP contribution in [0, 0.1) is 0 Å². The molecule has 2 aromatic rings. The van der Waals surface area contributed by atoms with Gasteiger partial charge < -0.3 is 0 Å². The Morgan fingerprint density at radius 1 is 0.375 bits per heavy atom. The summed E-state index contributed by atoms with van der Waals surface area (Å²) in [6, 6.07) is 16.7. The first-order valence-corrected chi connectivity index (χ1v) is 3.40. The van der Waals surface area contributed by atoms with Gasteiger partial charge in [0.1, 0.15) is 0 Å². The Morgan fingerprint density at radius 3 is 0.750 bits per heavy atom. The van der Waals surface area contributed by atoms with Gasteiger partial charge in [-0.2, -0.15) is 0 Å². The van der Waals surface area contributed by atoms with Crippen molar-refractivity contribution < 1.29 is 0 Å². The molecule has 0 aliphatic rings. The molecule has 6 heteroatoms. The average molecular weight is 347 g/mol. The molecule has 96 valence electrons. The summed E-state index contributed by atoms with van der Waals surface area (Å²) in [5.41, 5.74) is 0. The molecule has 16 heavy (non-hydrogen) atoms. The van der Waals surface area contributed by atoms with E-state index in [2.05, 4.69) is 48.5 Å². The van der Waals surface area contributed by atoms with Gasteiger partial charge in [-0.15, -0.1) is 74.4 Å². The maximum atomic E-state index is 2.12. The van der Waals surface area contributed by atoms with Gasteiger partial charge in [0, 0.05) is 0 Å². The number of hydrogen-bond acceptors (Lipinski definition) is 0. The van der Waals surface area contributed by atoms with Gasteiger partial charge in [-0.3, -0.25) is 0 Å². The van der Waals surface area contributed by atoms with Crippen LogP contribution >= 0.6 is 74.4 Å². The van der Waals surface area contributed by atoms with Gasteiger partial charge in [0.25, 0.3) is 0 Å². The highest BCUT2D eigenvalue weighted by atomic mass is 35.5. The Balaban J connectivity index is -0.0000000672. The third-order valence-electron chi connectivity index (χ3n) is 1.66. The largest absolute Gasteiger partial charge is 0.147 e. The molecule has 0 unspecified atom stereocenters. The maximum Gasteiger partial charge on any atom is -0.0184 e. The summed E-state index contributed by atoms with van der Waals surface area (Å²) >= 11 is 0. The van der Waals surface area contributed by atoms with Crippen molar-refractivity contribution >= 4 is 85.2 Å². The number of hydrogen-bond donors (Lipinski definition) is 0. The van der Waals surface area contributed by atoms with Gasteiger partial charge in [0.05, 0.1) is 0 Å². The van der Waals surface area contributed by atoms with Gasteiger partial charge in [0.15, 0.2) is 0 Å². The number of benzene rings is 2. The first-order chi connectivity index (χ1) is 4.97. The number of rotatable bonds is 0. The minimum atomic E-state index is 0. The zero-order valence-electron chi connectivity index (χ0n) is 8.07. The maximum absolute atomic E-state index is 2.12. The van der Waals surface area contributed by atoms with Crippen molar-refractivity contribution in [3.63, 3.8) is 0 Å². The molecule has 0 heterocycles. The summed E-state index contributed by atoms with van der Waals surface area (Å²) in [4.78, 5) is 0. The normalized spacial score (nSPS) is 6.25. The van der Waals surface area contributed by atoms with E-state index in [1.807, 2.05) is 0 Å². The molecule has 2 aromatic carbocycles. The van der Waals surface area contributed by atoms with Gasteiger partial charge in [0.2, 0.25) is 0 Å². The fourth-order valence-corrected chi connectivity index (χ4v) is 1.13. The molecule has 0 fully saturated rings. The average Bonchev–Trinajstić information content (AvgIpc) is 2.05. The zero-order valence-corrected chi connectivity index (χ0v) is 13.0. The van der Waals surface area contributed by atoms with E-state index in [9.17, 15) is 0 Å². The van der Waals surface area contributed by atoms with E-state index in [0.29, 0.717) is 0 Å². The lowest BCUT2D eigenvalue weighted by Gasteiger charge is -1.92. The van der Waals surface area contributed by atoms with Crippen LogP contribution in [-0.4, -0.2) is 0 Å². The topological polar surface area (TPSA) is 0 Å². The zero-order chi connectivity index (χ0) is 6.81. The van der Waals surface area contributed by atoms with Crippen molar-refractivity contribution in [1.82, 2.24) is 0 Å². The van der Waals surface area contributed by atoms with Crippen LogP contribution in [0.1, 0.15) is 0 Å². The van der Waals surface area contributed by atoms with Crippen LogP contribution < -0.4 is 0 Å². The minimum absolute atomic E-state index is 0. The van der Waals surface area contributed by atoms with E-state index >= 15 is 0 Å². The molecule has 0 atom stereocenters. The summed E-state index contributed by atoms with van der Waals surface area (Å²) in [6.07, 6.45) is 0. The first kappa shape index (κ1) is 29.9. The predicted octanol–water partition coefficient (Wildman–Crippen LogP) is 5.37. The van der Waals surface area contributed by atoms with E-state index in [0.717, 1.165) is 0 Å². The minimum Gasteiger partial charge on any atom is -0.147 e. The Hall–Kier alpha value is 0.440. The molecule has 0 saturated heterocycles. The van der Waals surface area contributed by atoms with E-state index in [-0.39, 0.29) is 74.4 Å². The van der Waals surface area contributed by atoms with Crippen LogP contribution in [0.5, 0.6) is 0 Å². The van der Waals surface area contributed by atoms with E-state index in [1.165, 1.54) is 10.8 Å². The van der Waals surface area contributed by atoms with Crippen molar-refractivity contribution in [3.05, 3.63) is 48.5 Å². The molecule has 0 aliphatic carbocycles. The Labute approximate surface area is 133 Å². The molecular weight excluding hydrogens is 333 g/mol. The van der Waals surface area contributed by atoms with Gasteiger partial charge in [-0.05, 0) is 10.8 Å². The molecule has 0 spiro atoms. The highest BCUT2D eigenvalue weighted by molar-refractivity contribution is 5.86. The van der Waals surface area contributed by atoms with Crippen LogP contribution in [0.3, 0.4) is 0 Å². The highest BCUT2D eigenvalue weighted by Gasteiger charge is 1.85. The molecule has 0 nitrogen and oxygen atoms in total. The lowest BCUT2D eigenvalue weighted by atomic mass is 10.1. The number of fused-ring (bicyclic) bond motifs is 1. The molecule has 0 radical (unpaired) electrons. The summed E-state index contributed by atoms with van der Waals surface area (Å²) < 4.78 is 0. The summed E-state index contributed by atoms with van der Waals surface area (Å²) in [5, 5.41) is 2.62. The van der Waals surface area contributed by atoms with Crippen molar-refractivity contribution in [3.8, 4) is 0 Å². The molecule has 0 bridgehead atoms. The third-order valence-corrected chi connectivity index (χ3v) is 1.66. The second kappa shape index (κ2) is 15.4. The molecule has 0 amide bonds. The number of halogens is 6. The van der Waals surface area contributed by atoms with Gasteiger partial charge in [-0.1, -0.05) is 48.5 Å². The Bertz CT molecular complexity index is 286. The van der Waals surface area contributed by atoms with E-state index in [4.69, 9.17) is 0 Å². The third kappa shape index (κ3) is 7.67. The smallest absolute Gasteiger partial charge is 0.0184 e. The fraction of sp³-hybridized carbons (Fsp3) is 0. The summed E-state index contributed by atoms with van der Waals surface area (Å²) in [6.45, 7) is 0. The predicted molar refractivity (Wildman–Crippen MR) is 87.4 cm³/mol. The van der Waals surface area contributed by atoms with Crippen molar-refractivity contribution in [2.45, 2.75) is 0 Å². The SMILES string of the molecule is Cl.Cl.Cl.Cl.Cl.Cl.c1ccc2ccccc2c1. The Morgan fingerprint density at radius 2 is 0.562 bits per heavy atom.